The molecule has 0 aliphatic carbocycles. The molecule has 0 aromatic heterocycles. The molecule has 3 aromatic rings. The maximum Gasteiger partial charge on any atom is 0.255 e. The molecule has 1 aliphatic rings. The maximum atomic E-state index is 13.4. The minimum Gasteiger partial charge on any atom is -0.493 e. The van der Waals surface area contributed by atoms with Crippen LogP contribution in [0.1, 0.15) is 39.5 Å². The van der Waals surface area contributed by atoms with Gasteiger partial charge >= 0.3 is 0 Å². The molecule has 0 unspecified atom stereocenters. The Kier molecular flexibility index (Phi) is 7.17. The molecule has 182 valence electrons. The Morgan fingerprint density at radius 2 is 1.71 bits per heavy atom. The van der Waals surface area contributed by atoms with Crippen LogP contribution >= 0.6 is 11.6 Å². The fraction of sp³-hybridized carbons (Fsp3) is 0.259. The monoisotopic (exact) mass is 494 g/mol. The van der Waals surface area contributed by atoms with E-state index < -0.39 is 6.04 Å². The van der Waals surface area contributed by atoms with Crippen LogP contribution in [0.15, 0.2) is 54.6 Å². The third-order valence-electron chi connectivity index (χ3n) is 6.22. The standard InChI is InChI=1S/C27H27ClN2O5/c1-16-20(28)10-7-11-21(16)29-25(31)14-22(30-15-17-8-5-6-9-19(17)27(30)32)18-12-23(33-2)26(35-4)24(13-18)34-3/h5-13,22H,14-15H2,1-4H3,(H,29,31)/t22-/m1/s1. The number of ether oxygens (including phenoxy) is 3. The number of halogens is 1. The lowest BCUT2D eigenvalue weighted by atomic mass is 10.00. The molecule has 35 heavy (non-hydrogen) atoms. The van der Waals surface area contributed by atoms with Gasteiger partial charge in [0.1, 0.15) is 0 Å². The lowest BCUT2D eigenvalue weighted by Gasteiger charge is -2.29. The molecule has 0 saturated heterocycles. The molecule has 2 amide bonds. The van der Waals surface area contributed by atoms with Crippen LogP contribution in [0.4, 0.5) is 5.69 Å². The molecular weight excluding hydrogens is 468 g/mol. The highest BCUT2D eigenvalue weighted by molar-refractivity contribution is 6.31. The van der Waals surface area contributed by atoms with E-state index in [0.717, 1.165) is 11.1 Å². The number of fused-ring (bicyclic) bond motifs is 1. The SMILES string of the molecule is COc1cc([C@@H](CC(=O)Nc2cccc(Cl)c2C)N2Cc3ccccc3C2=O)cc(OC)c1OC. The summed E-state index contributed by atoms with van der Waals surface area (Å²) in [6.07, 6.45) is 0.0182. The zero-order valence-electron chi connectivity index (χ0n) is 20.1. The number of nitrogens with zero attached hydrogens (tertiary/aromatic N) is 1. The Bertz CT molecular complexity index is 1250. The normalized spacial score (nSPS) is 13.3. The summed E-state index contributed by atoms with van der Waals surface area (Å²) in [5, 5.41) is 3.51. The number of carbonyl (C=O) groups excluding carboxylic acids is 2. The van der Waals surface area contributed by atoms with Crippen molar-refractivity contribution >= 4 is 29.1 Å². The van der Waals surface area contributed by atoms with Crippen LogP contribution in [0.25, 0.3) is 0 Å². The molecule has 4 rings (SSSR count). The van der Waals surface area contributed by atoms with Gasteiger partial charge in [-0.05, 0) is 53.9 Å². The predicted molar refractivity (Wildman–Crippen MR) is 135 cm³/mol. The number of benzene rings is 3. The van der Waals surface area contributed by atoms with E-state index in [1.165, 1.54) is 21.3 Å². The lowest BCUT2D eigenvalue weighted by Crippen LogP contribution is -2.32. The van der Waals surface area contributed by atoms with Gasteiger partial charge in [-0.1, -0.05) is 35.9 Å². The first kappa shape index (κ1) is 24.4. The van der Waals surface area contributed by atoms with Crippen molar-refractivity contribution in [3.8, 4) is 17.2 Å². The molecule has 8 heteroatoms. The van der Waals surface area contributed by atoms with Gasteiger partial charge in [0.25, 0.3) is 5.91 Å². The molecule has 0 radical (unpaired) electrons. The summed E-state index contributed by atoms with van der Waals surface area (Å²) in [6.45, 7) is 2.23. The number of rotatable bonds is 8. The van der Waals surface area contributed by atoms with Gasteiger partial charge in [-0.3, -0.25) is 9.59 Å². The van der Waals surface area contributed by atoms with Crippen molar-refractivity contribution in [2.45, 2.75) is 25.9 Å². The summed E-state index contributed by atoms with van der Waals surface area (Å²) in [5.74, 6) is 0.945. The van der Waals surface area contributed by atoms with Crippen LogP contribution < -0.4 is 19.5 Å². The number of carbonyl (C=O) groups is 2. The van der Waals surface area contributed by atoms with E-state index in [2.05, 4.69) is 5.32 Å². The van der Waals surface area contributed by atoms with Gasteiger partial charge in [0, 0.05) is 22.8 Å². The number of methoxy groups -OCH3 is 3. The van der Waals surface area contributed by atoms with Crippen molar-refractivity contribution in [3.05, 3.63) is 81.9 Å². The van der Waals surface area contributed by atoms with Crippen LogP contribution in [0.2, 0.25) is 5.02 Å². The number of amides is 2. The van der Waals surface area contributed by atoms with Crippen molar-refractivity contribution in [2.75, 3.05) is 26.6 Å². The van der Waals surface area contributed by atoms with Gasteiger partial charge < -0.3 is 24.4 Å². The first-order valence-corrected chi connectivity index (χ1v) is 11.5. The molecule has 0 bridgehead atoms. The number of anilines is 1. The molecule has 0 fully saturated rings. The van der Waals surface area contributed by atoms with Gasteiger partial charge in [0.2, 0.25) is 11.7 Å². The highest BCUT2D eigenvalue weighted by Crippen LogP contribution is 2.43. The minimum absolute atomic E-state index is 0.0182. The third kappa shape index (κ3) is 4.77. The molecule has 1 aliphatic heterocycles. The van der Waals surface area contributed by atoms with E-state index in [4.69, 9.17) is 25.8 Å². The van der Waals surface area contributed by atoms with E-state index in [9.17, 15) is 9.59 Å². The van der Waals surface area contributed by atoms with Crippen molar-refractivity contribution < 1.29 is 23.8 Å². The second-order valence-electron chi connectivity index (χ2n) is 8.23. The Hall–Kier alpha value is -3.71. The summed E-state index contributed by atoms with van der Waals surface area (Å²) in [4.78, 5) is 28.3. The van der Waals surface area contributed by atoms with Gasteiger partial charge in [0.15, 0.2) is 11.5 Å². The summed E-state index contributed by atoms with van der Waals surface area (Å²) >= 11 is 6.22. The quantitative estimate of drug-likeness (QED) is 0.453. The molecule has 1 atom stereocenters. The third-order valence-corrected chi connectivity index (χ3v) is 6.63. The Balaban J connectivity index is 1.73. The van der Waals surface area contributed by atoms with Gasteiger partial charge in [-0.15, -0.1) is 0 Å². The van der Waals surface area contributed by atoms with Crippen molar-refractivity contribution in [1.29, 1.82) is 0 Å². The average Bonchev–Trinajstić information content (AvgIpc) is 3.20. The van der Waals surface area contributed by atoms with Crippen LogP contribution in [0, 0.1) is 6.92 Å². The van der Waals surface area contributed by atoms with Crippen molar-refractivity contribution in [3.63, 3.8) is 0 Å². The Labute approximate surface area is 209 Å². The topological polar surface area (TPSA) is 77.1 Å². The molecule has 3 aromatic carbocycles. The van der Waals surface area contributed by atoms with Crippen molar-refractivity contribution in [1.82, 2.24) is 4.90 Å². The highest BCUT2D eigenvalue weighted by atomic mass is 35.5. The largest absolute Gasteiger partial charge is 0.493 e. The fourth-order valence-electron chi connectivity index (χ4n) is 4.35. The number of nitrogens with one attached hydrogen (secondary N) is 1. The molecule has 1 N–H and O–H groups in total. The highest BCUT2D eigenvalue weighted by Gasteiger charge is 2.35. The summed E-state index contributed by atoms with van der Waals surface area (Å²) in [5.41, 5.74) is 3.65. The first-order chi connectivity index (χ1) is 16.9. The predicted octanol–water partition coefficient (Wildman–Crippen LogP) is 5.40. The van der Waals surface area contributed by atoms with Crippen LogP contribution in [-0.4, -0.2) is 38.0 Å². The Morgan fingerprint density at radius 1 is 1.03 bits per heavy atom. The lowest BCUT2D eigenvalue weighted by molar-refractivity contribution is -0.117. The summed E-state index contributed by atoms with van der Waals surface area (Å²) in [6, 6.07) is 15.8. The van der Waals surface area contributed by atoms with Crippen LogP contribution in [-0.2, 0) is 11.3 Å². The smallest absolute Gasteiger partial charge is 0.255 e. The molecular formula is C27H27ClN2O5. The summed E-state index contributed by atoms with van der Waals surface area (Å²) in [7, 11) is 4.59. The van der Waals surface area contributed by atoms with Crippen LogP contribution in [0.3, 0.4) is 0 Å². The van der Waals surface area contributed by atoms with E-state index >= 15 is 0 Å². The second kappa shape index (κ2) is 10.3. The molecule has 0 spiro atoms. The maximum absolute atomic E-state index is 13.4. The Morgan fingerprint density at radius 3 is 2.34 bits per heavy atom. The average molecular weight is 495 g/mol. The minimum atomic E-state index is -0.580. The van der Waals surface area contributed by atoms with Gasteiger partial charge in [-0.2, -0.15) is 0 Å². The first-order valence-electron chi connectivity index (χ1n) is 11.1. The summed E-state index contributed by atoms with van der Waals surface area (Å²) < 4.78 is 16.5. The fourth-order valence-corrected chi connectivity index (χ4v) is 4.52. The van der Waals surface area contributed by atoms with Gasteiger partial charge in [0.05, 0.1) is 33.8 Å². The van der Waals surface area contributed by atoms with Crippen molar-refractivity contribution in [2.24, 2.45) is 0 Å². The molecule has 0 saturated carbocycles. The number of hydrogen-bond acceptors (Lipinski definition) is 5. The number of hydrogen-bond donors (Lipinski definition) is 1. The van der Waals surface area contributed by atoms with E-state index in [-0.39, 0.29) is 18.2 Å². The van der Waals surface area contributed by atoms with E-state index in [0.29, 0.717) is 45.6 Å². The van der Waals surface area contributed by atoms with E-state index in [1.807, 2.05) is 25.1 Å². The zero-order chi connectivity index (χ0) is 25.1. The van der Waals surface area contributed by atoms with Gasteiger partial charge in [-0.25, -0.2) is 0 Å². The molecule has 7 nitrogen and oxygen atoms in total. The zero-order valence-corrected chi connectivity index (χ0v) is 20.8. The van der Waals surface area contributed by atoms with E-state index in [1.54, 1.807) is 41.3 Å². The second-order valence-corrected chi connectivity index (χ2v) is 8.64. The molecule has 1 heterocycles. The van der Waals surface area contributed by atoms with Crippen LogP contribution in [0.5, 0.6) is 17.2 Å².